The van der Waals surface area contributed by atoms with E-state index in [2.05, 4.69) is 4.94 Å². The molecule has 2 rings (SSSR count). The maximum absolute atomic E-state index is 12.5. The summed E-state index contributed by atoms with van der Waals surface area (Å²) in [6.07, 6.45) is 0.854. The molecule has 0 aliphatic carbocycles. The van der Waals surface area contributed by atoms with Crippen molar-refractivity contribution >= 4 is 5.97 Å². The highest BCUT2D eigenvalue weighted by atomic mass is 19.3. The minimum Gasteiger partial charge on any atom is -0.497 e. The van der Waals surface area contributed by atoms with E-state index in [9.17, 15) is 14.6 Å². The number of carbonyl (C=O) groups is 1. The van der Waals surface area contributed by atoms with Crippen molar-refractivity contribution in [2.24, 2.45) is 11.3 Å². The summed E-state index contributed by atoms with van der Waals surface area (Å²) in [7, 11) is 1.58. The molecule has 130 valence electrons. The molecule has 0 aliphatic heterocycles. The molecule has 0 fully saturated rings. The largest absolute Gasteiger partial charge is 0.497 e. The first-order valence-corrected chi connectivity index (χ1v) is 7.91. The molecule has 0 spiro atoms. The van der Waals surface area contributed by atoms with Crippen LogP contribution in [-0.4, -0.2) is 13.1 Å². The average Bonchev–Trinajstić information content (AvgIpc) is 2.63. The SMILES string of the molecule is COc1ccc(CC(C)(Cc2ccccc2)C(C#N)C(=O)OF)cc1. The molecular weight excluding hydrogens is 321 g/mol. The van der Waals surface area contributed by atoms with Gasteiger partial charge >= 0.3 is 5.97 Å². The molecule has 0 saturated heterocycles. The fraction of sp³-hybridized carbons (Fsp3) is 0.300. The van der Waals surface area contributed by atoms with Crippen molar-refractivity contribution in [2.45, 2.75) is 19.8 Å². The lowest BCUT2D eigenvalue weighted by Crippen LogP contribution is -2.37. The van der Waals surface area contributed by atoms with Crippen LogP contribution in [0.15, 0.2) is 54.6 Å². The first-order valence-electron chi connectivity index (χ1n) is 7.91. The first-order chi connectivity index (χ1) is 12.0. The van der Waals surface area contributed by atoms with Gasteiger partial charge in [0, 0.05) is 9.94 Å². The lowest BCUT2D eigenvalue weighted by Gasteiger charge is -2.32. The topological polar surface area (TPSA) is 59.3 Å². The summed E-state index contributed by atoms with van der Waals surface area (Å²) in [5.74, 6) is -1.66. The second-order valence-electron chi connectivity index (χ2n) is 6.30. The lowest BCUT2D eigenvalue weighted by molar-refractivity contribution is -0.190. The number of halogens is 1. The number of ether oxygens (including phenoxy) is 1. The Bertz CT molecular complexity index is 740. The number of rotatable bonds is 7. The molecule has 25 heavy (non-hydrogen) atoms. The number of carbonyl (C=O) groups excluding carboxylic acids is 1. The van der Waals surface area contributed by atoms with E-state index in [1.165, 1.54) is 0 Å². The van der Waals surface area contributed by atoms with Crippen molar-refractivity contribution in [1.82, 2.24) is 0 Å². The Morgan fingerprint density at radius 2 is 1.68 bits per heavy atom. The van der Waals surface area contributed by atoms with Gasteiger partial charge in [0.05, 0.1) is 13.2 Å². The number of nitriles is 1. The zero-order valence-electron chi connectivity index (χ0n) is 14.2. The zero-order chi connectivity index (χ0) is 18.3. The maximum atomic E-state index is 12.5. The number of hydrogen-bond acceptors (Lipinski definition) is 4. The van der Waals surface area contributed by atoms with Crippen LogP contribution in [0.5, 0.6) is 5.75 Å². The van der Waals surface area contributed by atoms with Crippen molar-refractivity contribution in [1.29, 1.82) is 5.26 Å². The van der Waals surface area contributed by atoms with E-state index in [0.717, 1.165) is 11.1 Å². The van der Waals surface area contributed by atoms with Gasteiger partial charge in [-0.25, -0.2) is 4.79 Å². The Labute approximate surface area is 146 Å². The second kappa shape index (κ2) is 8.29. The van der Waals surface area contributed by atoms with Crippen molar-refractivity contribution < 1.29 is 19.0 Å². The molecule has 2 aromatic carbocycles. The normalized spacial score (nSPS) is 14.0. The van der Waals surface area contributed by atoms with E-state index in [-0.39, 0.29) is 0 Å². The molecule has 0 aromatic heterocycles. The Morgan fingerprint density at radius 3 is 2.16 bits per heavy atom. The smallest absolute Gasteiger partial charge is 0.366 e. The molecule has 0 N–H and O–H groups in total. The first kappa shape index (κ1) is 18.5. The molecular formula is C20H20FNO3. The fourth-order valence-electron chi connectivity index (χ4n) is 3.08. The van der Waals surface area contributed by atoms with Crippen LogP contribution < -0.4 is 4.74 Å². The molecule has 4 nitrogen and oxygen atoms in total. The molecule has 2 aromatic rings. The monoisotopic (exact) mass is 341 g/mol. The third-order valence-electron chi connectivity index (χ3n) is 4.36. The van der Waals surface area contributed by atoms with Crippen molar-refractivity contribution in [3.63, 3.8) is 0 Å². The Balaban J connectivity index is 2.36. The van der Waals surface area contributed by atoms with Gasteiger partial charge in [-0.3, -0.25) is 4.94 Å². The molecule has 5 heteroatoms. The molecule has 0 heterocycles. The quantitative estimate of drug-likeness (QED) is 0.762. The standard InChI is InChI=1S/C20H20FNO3/c1-20(18(14-22)19(23)25-21,12-15-6-4-3-5-7-15)13-16-8-10-17(24-2)11-9-16/h3-11,18H,12-13H2,1-2H3. The summed E-state index contributed by atoms with van der Waals surface area (Å²) in [5, 5.41) is 9.46. The minimum atomic E-state index is -1.22. The molecule has 0 radical (unpaired) electrons. The van der Waals surface area contributed by atoms with Crippen LogP contribution >= 0.6 is 0 Å². The van der Waals surface area contributed by atoms with Crippen LogP contribution in [0.25, 0.3) is 0 Å². The van der Waals surface area contributed by atoms with E-state index in [0.29, 0.717) is 18.6 Å². The predicted molar refractivity (Wildman–Crippen MR) is 91.3 cm³/mol. The molecule has 2 unspecified atom stereocenters. The lowest BCUT2D eigenvalue weighted by atomic mass is 9.69. The minimum absolute atomic E-state index is 0.416. The number of nitrogens with zero attached hydrogens (tertiary/aromatic N) is 1. The summed E-state index contributed by atoms with van der Waals surface area (Å²) >= 11 is 0. The molecule has 0 amide bonds. The van der Waals surface area contributed by atoms with Crippen LogP contribution in [0, 0.1) is 22.7 Å². The highest BCUT2D eigenvalue weighted by Crippen LogP contribution is 2.36. The number of benzene rings is 2. The van der Waals surface area contributed by atoms with E-state index < -0.39 is 17.3 Å². The summed E-state index contributed by atoms with van der Waals surface area (Å²) in [5.41, 5.74) is 1.06. The van der Waals surface area contributed by atoms with Crippen LogP contribution in [0.2, 0.25) is 0 Å². The third kappa shape index (κ3) is 4.57. The highest BCUT2D eigenvalue weighted by Gasteiger charge is 2.41. The van der Waals surface area contributed by atoms with Crippen molar-refractivity contribution in [2.75, 3.05) is 7.11 Å². The second-order valence-corrected chi connectivity index (χ2v) is 6.30. The zero-order valence-corrected chi connectivity index (χ0v) is 14.2. The van der Waals surface area contributed by atoms with Crippen LogP contribution in [0.1, 0.15) is 18.1 Å². The average molecular weight is 341 g/mol. The van der Waals surface area contributed by atoms with Crippen molar-refractivity contribution in [3.8, 4) is 11.8 Å². The van der Waals surface area contributed by atoms with Gasteiger partial charge in [0.15, 0.2) is 5.92 Å². The highest BCUT2D eigenvalue weighted by molar-refractivity contribution is 5.75. The fourth-order valence-corrected chi connectivity index (χ4v) is 3.08. The van der Waals surface area contributed by atoms with E-state index in [1.54, 1.807) is 14.0 Å². The summed E-state index contributed by atoms with van der Waals surface area (Å²) in [6, 6.07) is 18.8. The third-order valence-corrected chi connectivity index (χ3v) is 4.36. The van der Waals surface area contributed by atoms with Crippen LogP contribution in [-0.2, 0) is 22.6 Å². The van der Waals surface area contributed by atoms with Gasteiger partial charge in [-0.15, -0.1) is 0 Å². The van der Waals surface area contributed by atoms with E-state index >= 15 is 0 Å². The molecule has 2 atom stereocenters. The Hall–Kier alpha value is -2.87. The summed E-state index contributed by atoms with van der Waals surface area (Å²) in [4.78, 5) is 15.2. The molecule has 0 bridgehead atoms. The van der Waals surface area contributed by atoms with Gasteiger partial charge in [0.25, 0.3) is 0 Å². The summed E-state index contributed by atoms with van der Waals surface area (Å²) < 4.78 is 17.7. The Morgan fingerprint density at radius 1 is 1.12 bits per heavy atom. The van der Waals surface area contributed by atoms with Gasteiger partial charge in [-0.2, -0.15) is 5.26 Å². The number of methoxy groups -OCH3 is 1. The van der Waals surface area contributed by atoms with Gasteiger partial charge in [0.2, 0.25) is 0 Å². The predicted octanol–water partition coefficient (Wildman–Crippen LogP) is 4.05. The van der Waals surface area contributed by atoms with Crippen LogP contribution in [0.4, 0.5) is 4.53 Å². The van der Waals surface area contributed by atoms with Gasteiger partial charge in [-0.1, -0.05) is 49.4 Å². The van der Waals surface area contributed by atoms with Crippen molar-refractivity contribution in [3.05, 3.63) is 65.7 Å². The van der Waals surface area contributed by atoms with E-state index in [1.807, 2.05) is 60.7 Å². The molecule has 0 saturated carbocycles. The Kier molecular flexibility index (Phi) is 6.13. The summed E-state index contributed by atoms with van der Waals surface area (Å²) in [6.45, 7) is 1.80. The van der Waals surface area contributed by atoms with Gasteiger partial charge < -0.3 is 4.74 Å². The van der Waals surface area contributed by atoms with Crippen LogP contribution in [0.3, 0.4) is 0 Å². The number of hydrogen-bond donors (Lipinski definition) is 0. The molecule has 0 aliphatic rings. The van der Waals surface area contributed by atoms with Gasteiger partial charge in [-0.05, 0) is 36.1 Å². The maximum Gasteiger partial charge on any atom is 0.366 e. The van der Waals surface area contributed by atoms with E-state index in [4.69, 9.17) is 4.74 Å². The van der Waals surface area contributed by atoms with Gasteiger partial charge in [0.1, 0.15) is 5.75 Å².